The second-order valence-electron chi connectivity index (χ2n) is 3.00. The van der Waals surface area contributed by atoms with Crippen molar-refractivity contribution < 1.29 is 9.53 Å². The standard InChI is InChI=1S/C11H11BrN2O2/c1-2-16-11(15)9-7(5-13)3-4-8(6-14)10(9)12/h3-4H,2,5,13H2,1H3. The predicted molar refractivity (Wildman–Crippen MR) is 62.7 cm³/mol. The molecule has 4 nitrogen and oxygen atoms in total. The fourth-order valence-corrected chi connectivity index (χ4v) is 1.93. The molecule has 84 valence electrons. The Balaban J connectivity index is 3.33. The normalized spacial score (nSPS) is 9.62. The molecule has 0 saturated carbocycles. The molecule has 0 heterocycles. The number of nitriles is 1. The average molecular weight is 283 g/mol. The van der Waals surface area contributed by atoms with E-state index >= 15 is 0 Å². The summed E-state index contributed by atoms with van der Waals surface area (Å²) < 4.78 is 5.36. The first-order valence-corrected chi connectivity index (χ1v) is 5.53. The Morgan fingerprint density at radius 1 is 1.62 bits per heavy atom. The fourth-order valence-electron chi connectivity index (χ4n) is 1.30. The molecule has 0 aliphatic heterocycles. The van der Waals surface area contributed by atoms with Crippen molar-refractivity contribution in [2.75, 3.05) is 6.61 Å². The lowest BCUT2D eigenvalue weighted by molar-refractivity contribution is 0.0524. The lowest BCUT2D eigenvalue weighted by Crippen LogP contribution is -2.12. The molecule has 0 aliphatic carbocycles. The third-order valence-corrected chi connectivity index (χ3v) is 2.87. The van der Waals surface area contributed by atoms with Gasteiger partial charge in [-0.25, -0.2) is 4.79 Å². The van der Waals surface area contributed by atoms with E-state index in [1.165, 1.54) is 0 Å². The van der Waals surface area contributed by atoms with E-state index in [9.17, 15) is 4.79 Å². The highest BCUT2D eigenvalue weighted by atomic mass is 79.9. The van der Waals surface area contributed by atoms with Crippen molar-refractivity contribution in [3.63, 3.8) is 0 Å². The van der Waals surface area contributed by atoms with Crippen LogP contribution in [0.1, 0.15) is 28.4 Å². The van der Waals surface area contributed by atoms with Gasteiger partial charge in [-0.15, -0.1) is 0 Å². The molecule has 16 heavy (non-hydrogen) atoms. The number of esters is 1. The van der Waals surface area contributed by atoms with Crippen LogP contribution < -0.4 is 5.73 Å². The number of hydrogen-bond donors (Lipinski definition) is 1. The largest absolute Gasteiger partial charge is 0.462 e. The average Bonchev–Trinajstić information content (AvgIpc) is 2.28. The van der Waals surface area contributed by atoms with Crippen molar-refractivity contribution in [1.29, 1.82) is 5.26 Å². The summed E-state index contributed by atoms with van der Waals surface area (Å²) in [6.45, 7) is 2.23. The van der Waals surface area contributed by atoms with E-state index in [4.69, 9.17) is 15.7 Å². The van der Waals surface area contributed by atoms with Gasteiger partial charge in [0.15, 0.2) is 0 Å². The number of hydrogen-bond acceptors (Lipinski definition) is 4. The van der Waals surface area contributed by atoms with Crippen molar-refractivity contribution >= 4 is 21.9 Å². The van der Waals surface area contributed by atoms with Gasteiger partial charge in [0.05, 0.1) is 22.2 Å². The van der Waals surface area contributed by atoms with Crippen molar-refractivity contribution in [3.05, 3.63) is 33.3 Å². The van der Waals surface area contributed by atoms with Crippen LogP contribution >= 0.6 is 15.9 Å². The van der Waals surface area contributed by atoms with Gasteiger partial charge in [-0.2, -0.15) is 5.26 Å². The Kier molecular flexibility index (Phi) is 4.47. The maximum Gasteiger partial charge on any atom is 0.339 e. The summed E-state index contributed by atoms with van der Waals surface area (Å²) in [4.78, 5) is 11.7. The van der Waals surface area contributed by atoms with Gasteiger partial charge in [0, 0.05) is 6.54 Å². The molecule has 1 rings (SSSR count). The van der Waals surface area contributed by atoms with Gasteiger partial charge < -0.3 is 10.5 Å². The van der Waals surface area contributed by atoms with Gasteiger partial charge in [0.2, 0.25) is 0 Å². The van der Waals surface area contributed by atoms with Crippen LogP contribution in [0.25, 0.3) is 0 Å². The summed E-state index contributed by atoms with van der Waals surface area (Å²) in [7, 11) is 0. The van der Waals surface area contributed by atoms with Crippen molar-refractivity contribution in [2.24, 2.45) is 5.73 Å². The van der Waals surface area contributed by atoms with Gasteiger partial charge in [0.1, 0.15) is 6.07 Å². The number of ether oxygens (including phenoxy) is 1. The van der Waals surface area contributed by atoms with E-state index < -0.39 is 5.97 Å². The zero-order valence-electron chi connectivity index (χ0n) is 8.79. The molecule has 5 heteroatoms. The van der Waals surface area contributed by atoms with Crippen molar-refractivity contribution in [2.45, 2.75) is 13.5 Å². The van der Waals surface area contributed by atoms with Gasteiger partial charge >= 0.3 is 5.97 Å². The first-order valence-electron chi connectivity index (χ1n) is 4.74. The summed E-state index contributed by atoms with van der Waals surface area (Å²) >= 11 is 3.22. The molecule has 0 aromatic heterocycles. The van der Waals surface area contributed by atoms with Gasteiger partial charge in [0.25, 0.3) is 0 Å². The number of benzene rings is 1. The molecule has 0 radical (unpaired) electrons. The van der Waals surface area contributed by atoms with E-state index in [-0.39, 0.29) is 13.2 Å². The van der Waals surface area contributed by atoms with Crippen LogP contribution in [0.3, 0.4) is 0 Å². The van der Waals surface area contributed by atoms with Crippen molar-refractivity contribution in [1.82, 2.24) is 0 Å². The molecule has 0 amide bonds. The molecule has 0 unspecified atom stereocenters. The van der Waals surface area contributed by atoms with E-state index in [2.05, 4.69) is 15.9 Å². The molecule has 0 spiro atoms. The van der Waals surface area contributed by atoms with Crippen LogP contribution in [0.4, 0.5) is 0 Å². The Labute approximate surface area is 102 Å². The summed E-state index contributed by atoms with van der Waals surface area (Å²) in [6.07, 6.45) is 0. The molecule has 2 N–H and O–H groups in total. The van der Waals surface area contributed by atoms with E-state index in [0.717, 1.165) is 0 Å². The summed E-state index contributed by atoms with van der Waals surface area (Å²) in [5, 5.41) is 8.85. The topological polar surface area (TPSA) is 76.1 Å². The molecule has 0 bridgehead atoms. The highest BCUT2D eigenvalue weighted by Gasteiger charge is 2.18. The zero-order chi connectivity index (χ0) is 12.1. The van der Waals surface area contributed by atoms with Crippen molar-refractivity contribution in [3.8, 4) is 6.07 Å². The van der Waals surface area contributed by atoms with Crippen LogP contribution in [-0.4, -0.2) is 12.6 Å². The quantitative estimate of drug-likeness (QED) is 0.860. The number of carbonyl (C=O) groups excluding carboxylic acids is 1. The monoisotopic (exact) mass is 282 g/mol. The van der Waals surface area contributed by atoms with Crippen LogP contribution in [0, 0.1) is 11.3 Å². The maximum absolute atomic E-state index is 11.7. The van der Waals surface area contributed by atoms with Crippen LogP contribution in [0.5, 0.6) is 0 Å². The molecular weight excluding hydrogens is 272 g/mol. The minimum absolute atomic E-state index is 0.221. The lowest BCUT2D eigenvalue weighted by atomic mass is 10.0. The third-order valence-electron chi connectivity index (χ3n) is 2.05. The number of nitrogens with zero attached hydrogens (tertiary/aromatic N) is 1. The molecule has 1 aromatic carbocycles. The number of rotatable bonds is 3. The minimum atomic E-state index is -0.466. The smallest absolute Gasteiger partial charge is 0.339 e. The first kappa shape index (κ1) is 12.7. The zero-order valence-corrected chi connectivity index (χ0v) is 10.4. The summed E-state index contributed by atoms with van der Waals surface area (Å²) in [5.74, 6) is -0.466. The van der Waals surface area contributed by atoms with Crippen LogP contribution in [-0.2, 0) is 11.3 Å². The molecule has 0 fully saturated rings. The number of carbonyl (C=O) groups is 1. The first-order chi connectivity index (χ1) is 7.65. The second kappa shape index (κ2) is 5.64. The number of nitrogens with two attached hydrogens (primary N) is 1. The van der Waals surface area contributed by atoms with Gasteiger partial charge in [-0.3, -0.25) is 0 Å². The molecule has 0 atom stereocenters. The molecular formula is C11H11BrN2O2. The Hall–Kier alpha value is -1.38. The highest BCUT2D eigenvalue weighted by molar-refractivity contribution is 9.10. The third kappa shape index (κ3) is 2.40. The summed E-state index contributed by atoms with van der Waals surface area (Å²) in [6, 6.07) is 5.27. The fraction of sp³-hybridized carbons (Fsp3) is 0.273. The molecule has 0 aliphatic rings. The molecule has 1 aromatic rings. The van der Waals surface area contributed by atoms with E-state index in [0.29, 0.717) is 21.2 Å². The van der Waals surface area contributed by atoms with Crippen LogP contribution in [0.15, 0.2) is 16.6 Å². The maximum atomic E-state index is 11.7. The Morgan fingerprint density at radius 2 is 2.31 bits per heavy atom. The van der Waals surface area contributed by atoms with E-state index in [1.807, 2.05) is 6.07 Å². The van der Waals surface area contributed by atoms with Gasteiger partial charge in [-0.05, 0) is 34.5 Å². The minimum Gasteiger partial charge on any atom is -0.462 e. The number of halogens is 1. The Morgan fingerprint density at radius 3 is 2.81 bits per heavy atom. The highest BCUT2D eigenvalue weighted by Crippen LogP contribution is 2.25. The Bertz CT molecular complexity index is 452. The SMILES string of the molecule is CCOC(=O)c1c(CN)ccc(C#N)c1Br. The van der Waals surface area contributed by atoms with Gasteiger partial charge in [-0.1, -0.05) is 6.07 Å². The lowest BCUT2D eigenvalue weighted by Gasteiger charge is -2.10. The van der Waals surface area contributed by atoms with Crippen LogP contribution in [0.2, 0.25) is 0 Å². The molecule has 0 saturated heterocycles. The van der Waals surface area contributed by atoms with E-state index in [1.54, 1.807) is 19.1 Å². The second-order valence-corrected chi connectivity index (χ2v) is 3.79. The predicted octanol–water partition coefficient (Wildman–Crippen LogP) is 1.96. The summed E-state index contributed by atoms with van der Waals surface area (Å²) in [5.41, 5.74) is 6.92.